The maximum absolute atomic E-state index is 12.3. The van der Waals surface area contributed by atoms with E-state index < -0.39 is 24.5 Å². The van der Waals surface area contributed by atoms with Crippen LogP contribution in [0.15, 0.2) is 18.2 Å². The summed E-state index contributed by atoms with van der Waals surface area (Å²) in [5.74, 6) is -0.952. The van der Waals surface area contributed by atoms with Gasteiger partial charge in [-0.25, -0.2) is 5.01 Å². The van der Waals surface area contributed by atoms with E-state index >= 15 is 0 Å². The number of aromatic nitrogens is 3. The fourth-order valence-electron chi connectivity index (χ4n) is 2.33. The van der Waals surface area contributed by atoms with Gasteiger partial charge < -0.3 is 15.2 Å². The van der Waals surface area contributed by atoms with Gasteiger partial charge in [-0.05, 0) is 18.2 Å². The molecule has 1 atom stereocenters. The number of amides is 2. The normalized spacial score (nSPS) is 16.7. The lowest BCUT2D eigenvalue weighted by Crippen LogP contribution is -2.56. The third-order valence-electron chi connectivity index (χ3n) is 3.66. The van der Waals surface area contributed by atoms with Crippen molar-refractivity contribution < 1.29 is 19.4 Å². The van der Waals surface area contributed by atoms with Crippen molar-refractivity contribution in [3.63, 3.8) is 0 Å². The summed E-state index contributed by atoms with van der Waals surface area (Å²) in [5, 5.41) is 23.9. The quantitative estimate of drug-likeness (QED) is 0.518. The number of carbonyl (C=O) groups is 2. The molecule has 24 heavy (non-hydrogen) atoms. The molecule has 10 heteroatoms. The largest absolute Gasteiger partial charge is 0.394 e. The molecule has 1 aliphatic rings. The van der Waals surface area contributed by atoms with Gasteiger partial charge in [-0.3, -0.25) is 15.0 Å². The number of rotatable bonds is 5. The Kier molecular flexibility index (Phi) is 4.99. The van der Waals surface area contributed by atoms with Crippen molar-refractivity contribution >= 4 is 22.8 Å². The highest BCUT2D eigenvalue weighted by molar-refractivity contribution is 5.99. The average Bonchev–Trinajstić information content (AvgIpc) is 3.07. The molecule has 2 heterocycles. The number of aliphatic hydroxyl groups excluding tert-OH is 1. The van der Waals surface area contributed by atoms with Crippen LogP contribution in [0.4, 0.5) is 0 Å². The maximum atomic E-state index is 12.3. The number of hydrogen-bond donors (Lipinski definition) is 4. The molecule has 0 saturated carbocycles. The molecule has 4 N–H and O–H groups in total. The SMILES string of the molecule is O=C(N[C@@H](CO)C(=O)NN1CCOCC1)c1ccc2n[nH]nc2c1. The standard InChI is InChI=1S/C14H18N6O4/c21-8-12(14(23)18-20-3-5-24-6-4-20)15-13(22)9-1-2-10-11(7-9)17-19-16-10/h1-2,7,12,21H,3-6,8H2,(H,15,22)(H,18,23)(H,16,17,19)/t12-/m0/s1. The predicted octanol–water partition coefficient (Wildman–Crippen LogP) is -1.59. The number of carbonyl (C=O) groups excluding carboxylic acids is 2. The molecule has 1 aromatic carbocycles. The van der Waals surface area contributed by atoms with Crippen molar-refractivity contribution in [3.8, 4) is 0 Å². The number of hydrazine groups is 1. The molecule has 1 aromatic heterocycles. The van der Waals surface area contributed by atoms with Gasteiger partial charge in [0, 0.05) is 18.7 Å². The second-order valence-electron chi connectivity index (χ2n) is 5.31. The average molecular weight is 334 g/mol. The number of fused-ring (bicyclic) bond motifs is 1. The molecule has 0 bridgehead atoms. The van der Waals surface area contributed by atoms with Gasteiger partial charge in [0.05, 0.1) is 19.8 Å². The van der Waals surface area contributed by atoms with E-state index in [2.05, 4.69) is 26.2 Å². The van der Waals surface area contributed by atoms with Crippen molar-refractivity contribution in [2.45, 2.75) is 6.04 Å². The van der Waals surface area contributed by atoms with E-state index in [-0.39, 0.29) is 0 Å². The number of H-pyrrole nitrogens is 1. The zero-order valence-corrected chi connectivity index (χ0v) is 12.9. The van der Waals surface area contributed by atoms with E-state index in [4.69, 9.17) is 4.74 Å². The summed E-state index contributed by atoms with van der Waals surface area (Å²) < 4.78 is 5.19. The van der Waals surface area contributed by atoms with Crippen LogP contribution in [-0.2, 0) is 9.53 Å². The third-order valence-corrected chi connectivity index (χ3v) is 3.66. The summed E-state index contributed by atoms with van der Waals surface area (Å²) in [6.07, 6.45) is 0. The molecule has 1 saturated heterocycles. The summed E-state index contributed by atoms with van der Waals surface area (Å²) >= 11 is 0. The lowest BCUT2D eigenvalue weighted by atomic mass is 10.1. The summed E-state index contributed by atoms with van der Waals surface area (Å²) in [6, 6.07) is 3.74. The lowest BCUT2D eigenvalue weighted by molar-refractivity contribution is -0.130. The first-order valence-electron chi connectivity index (χ1n) is 7.53. The maximum Gasteiger partial charge on any atom is 0.259 e. The number of morpholine rings is 1. The van der Waals surface area contributed by atoms with Crippen molar-refractivity contribution in [1.29, 1.82) is 0 Å². The number of nitrogens with one attached hydrogen (secondary N) is 3. The second-order valence-corrected chi connectivity index (χ2v) is 5.31. The minimum Gasteiger partial charge on any atom is -0.394 e. The Balaban J connectivity index is 1.62. The summed E-state index contributed by atoms with van der Waals surface area (Å²) in [4.78, 5) is 24.5. The van der Waals surface area contributed by atoms with E-state index in [9.17, 15) is 14.7 Å². The fourth-order valence-corrected chi connectivity index (χ4v) is 2.33. The van der Waals surface area contributed by atoms with Gasteiger partial charge in [0.25, 0.3) is 11.8 Å². The van der Waals surface area contributed by atoms with E-state index in [1.807, 2.05) is 0 Å². The van der Waals surface area contributed by atoms with Gasteiger partial charge in [-0.15, -0.1) is 0 Å². The van der Waals surface area contributed by atoms with Gasteiger partial charge in [0.2, 0.25) is 0 Å². The Hall–Kier alpha value is -2.56. The highest BCUT2D eigenvalue weighted by atomic mass is 16.5. The molecule has 1 fully saturated rings. The molecule has 0 aliphatic carbocycles. The molecule has 0 spiro atoms. The Morgan fingerprint density at radius 2 is 2.04 bits per heavy atom. The van der Waals surface area contributed by atoms with Crippen LogP contribution in [0.3, 0.4) is 0 Å². The van der Waals surface area contributed by atoms with Crippen molar-refractivity contribution in [1.82, 2.24) is 31.2 Å². The minimum atomic E-state index is -1.05. The number of aromatic amines is 1. The Labute approximate surface area is 137 Å². The Morgan fingerprint density at radius 3 is 2.79 bits per heavy atom. The van der Waals surface area contributed by atoms with Crippen LogP contribution in [0, 0.1) is 0 Å². The number of hydrogen-bond acceptors (Lipinski definition) is 7. The van der Waals surface area contributed by atoms with Crippen molar-refractivity contribution in [2.24, 2.45) is 0 Å². The molecule has 1 aliphatic heterocycles. The molecule has 0 radical (unpaired) electrons. The van der Waals surface area contributed by atoms with Gasteiger partial charge in [-0.2, -0.15) is 15.4 Å². The van der Waals surface area contributed by atoms with Crippen LogP contribution in [0.2, 0.25) is 0 Å². The number of benzene rings is 1. The van der Waals surface area contributed by atoms with E-state index in [1.165, 1.54) is 0 Å². The molecular weight excluding hydrogens is 316 g/mol. The third kappa shape index (κ3) is 3.67. The van der Waals surface area contributed by atoms with E-state index in [0.717, 1.165) is 0 Å². The molecule has 0 unspecified atom stereocenters. The highest BCUT2D eigenvalue weighted by Crippen LogP contribution is 2.10. The van der Waals surface area contributed by atoms with Crippen LogP contribution in [0.1, 0.15) is 10.4 Å². The van der Waals surface area contributed by atoms with Gasteiger partial charge in [0.1, 0.15) is 17.1 Å². The van der Waals surface area contributed by atoms with E-state index in [0.29, 0.717) is 42.9 Å². The zero-order chi connectivity index (χ0) is 16.9. The number of ether oxygens (including phenoxy) is 1. The fraction of sp³-hybridized carbons (Fsp3) is 0.429. The van der Waals surface area contributed by atoms with Gasteiger partial charge in [0.15, 0.2) is 0 Å². The smallest absolute Gasteiger partial charge is 0.259 e. The first kappa shape index (κ1) is 16.3. The first-order chi connectivity index (χ1) is 11.7. The zero-order valence-electron chi connectivity index (χ0n) is 12.9. The predicted molar refractivity (Wildman–Crippen MR) is 82.8 cm³/mol. The number of aliphatic hydroxyl groups is 1. The Bertz CT molecular complexity index is 727. The second kappa shape index (κ2) is 7.34. The molecular formula is C14H18N6O4. The summed E-state index contributed by atoms with van der Waals surface area (Å²) in [5.41, 5.74) is 4.17. The van der Waals surface area contributed by atoms with Crippen LogP contribution in [0.25, 0.3) is 11.0 Å². The topological polar surface area (TPSA) is 132 Å². The van der Waals surface area contributed by atoms with Gasteiger partial charge in [-0.1, -0.05) is 0 Å². The van der Waals surface area contributed by atoms with Crippen LogP contribution >= 0.6 is 0 Å². The summed E-state index contributed by atoms with van der Waals surface area (Å²) in [7, 11) is 0. The number of nitrogens with zero attached hydrogens (tertiary/aromatic N) is 3. The molecule has 128 valence electrons. The van der Waals surface area contributed by atoms with Gasteiger partial charge >= 0.3 is 0 Å². The molecule has 10 nitrogen and oxygen atoms in total. The lowest BCUT2D eigenvalue weighted by Gasteiger charge is -2.28. The van der Waals surface area contributed by atoms with Crippen molar-refractivity contribution in [2.75, 3.05) is 32.9 Å². The molecule has 2 aromatic rings. The van der Waals surface area contributed by atoms with Crippen LogP contribution in [0.5, 0.6) is 0 Å². The van der Waals surface area contributed by atoms with Crippen molar-refractivity contribution in [3.05, 3.63) is 23.8 Å². The molecule has 3 rings (SSSR count). The Morgan fingerprint density at radius 1 is 1.29 bits per heavy atom. The molecule has 2 amide bonds. The van der Waals surface area contributed by atoms with E-state index in [1.54, 1.807) is 23.2 Å². The monoisotopic (exact) mass is 334 g/mol. The highest BCUT2D eigenvalue weighted by Gasteiger charge is 2.23. The van der Waals surface area contributed by atoms with Crippen LogP contribution in [-0.4, -0.2) is 76.3 Å². The minimum absolute atomic E-state index is 0.328. The first-order valence-corrected chi connectivity index (χ1v) is 7.53. The summed E-state index contributed by atoms with van der Waals surface area (Å²) in [6.45, 7) is 1.65. The van der Waals surface area contributed by atoms with Crippen LogP contribution < -0.4 is 10.7 Å².